The minimum absolute atomic E-state index is 0.118. The molecule has 2 spiro atoms. The van der Waals surface area contributed by atoms with Crippen molar-refractivity contribution in [3.63, 3.8) is 0 Å². The van der Waals surface area contributed by atoms with Crippen LogP contribution in [0.15, 0.2) is 42.0 Å². The number of carbonyl (C=O) groups is 1. The van der Waals surface area contributed by atoms with Gasteiger partial charge in [0, 0.05) is 17.9 Å². The molecule has 4 heteroatoms. The number of piperidine rings is 1. The van der Waals surface area contributed by atoms with Crippen LogP contribution in [-0.4, -0.2) is 35.3 Å². The van der Waals surface area contributed by atoms with E-state index in [1.54, 1.807) is 5.57 Å². The molecule has 222 valence electrons. The van der Waals surface area contributed by atoms with Crippen LogP contribution in [0, 0.1) is 51.8 Å². The van der Waals surface area contributed by atoms with E-state index in [9.17, 15) is 4.79 Å². The zero-order chi connectivity index (χ0) is 28.4. The van der Waals surface area contributed by atoms with Gasteiger partial charge in [-0.3, -0.25) is 0 Å². The molecule has 2 aliphatic heterocycles. The molecule has 12 atom stereocenters. The molecule has 8 rings (SSSR count). The van der Waals surface area contributed by atoms with Crippen LogP contribution in [0.25, 0.3) is 0 Å². The first-order valence-corrected chi connectivity index (χ1v) is 17.0. The zero-order valence-corrected chi connectivity index (χ0v) is 26.0. The van der Waals surface area contributed by atoms with Gasteiger partial charge in [-0.05, 0) is 104 Å². The Kier molecular flexibility index (Phi) is 5.79. The summed E-state index contributed by atoms with van der Waals surface area (Å²) in [5.41, 5.74) is 3.80. The Hall–Kier alpha value is -1.81. The number of likely N-dealkylation sites (tertiary alicyclic amines) is 1. The molecule has 6 fully saturated rings. The Morgan fingerprint density at radius 1 is 1.05 bits per heavy atom. The highest BCUT2D eigenvalue weighted by atomic mass is 16.6. The number of amides is 1. The molecular weight excluding hydrogens is 506 g/mol. The molecule has 4 saturated carbocycles. The lowest BCUT2D eigenvalue weighted by Gasteiger charge is -2.50. The van der Waals surface area contributed by atoms with E-state index in [4.69, 9.17) is 9.47 Å². The monoisotopic (exact) mass is 557 g/mol. The standard InChI is InChI=1S/C37H51NO3/c1-23-13-15-34(4)27(17-23)11-12-28-29-14-16-37(35(5)22-36(29,35)19-30(28)34)25(3)32-31(41-37)18-24(2)20-38(32)33(39)40-21-26-9-7-6-8-10-26/h6-11,23-25,28-32H,12-22H2,1-5H3/t23-,24-,25+,28-,29-,30-,31+,32-,34-,35?,36?,37+/m0/s1. The molecule has 0 bridgehead atoms. The van der Waals surface area contributed by atoms with Gasteiger partial charge in [-0.15, -0.1) is 0 Å². The Labute approximate surface area is 247 Å². The smallest absolute Gasteiger partial charge is 0.410 e. The molecule has 2 unspecified atom stereocenters. The lowest BCUT2D eigenvalue weighted by atomic mass is 9.55. The van der Waals surface area contributed by atoms with Gasteiger partial charge in [-0.1, -0.05) is 76.6 Å². The van der Waals surface area contributed by atoms with E-state index in [0.717, 1.165) is 42.2 Å². The van der Waals surface area contributed by atoms with Gasteiger partial charge in [-0.25, -0.2) is 4.79 Å². The Balaban J connectivity index is 1.06. The fourth-order valence-electron chi connectivity index (χ4n) is 12.5. The van der Waals surface area contributed by atoms with E-state index in [2.05, 4.69) is 45.6 Å². The molecule has 1 amide bonds. The van der Waals surface area contributed by atoms with Crippen molar-refractivity contribution < 1.29 is 14.3 Å². The lowest BCUT2D eigenvalue weighted by Crippen LogP contribution is -2.56. The van der Waals surface area contributed by atoms with Crippen LogP contribution >= 0.6 is 0 Å². The highest BCUT2D eigenvalue weighted by molar-refractivity contribution is 5.68. The first-order chi connectivity index (χ1) is 19.6. The molecule has 1 aromatic rings. The van der Waals surface area contributed by atoms with E-state index >= 15 is 0 Å². The first-order valence-electron chi connectivity index (χ1n) is 17.0. The quantitative estimate of drug-likeness (QED) is 0.343. The second-order valence-corrected chi connectivity index (χ2v) is 16.4. The summed E-state index contributed by atoms with van der Waals surface area (Å²) in [6.45, 7) is 13.5. The Morgan fingerprint density at radius 2 is 1.85 bits per heavy atom. The van der Waals surface area contributed by atoms with Gasteiger partial charge >= 0.3 is 6.09 Å². The highest BCUT2D eigenvalue weighted by Crippen LogP contribution is 2.87. The summed E-state index contributed by atoms with van der Waals surface area (Å²) in [5.74, 6) is 4.16. The van der Waals surface area contributed by atoms with Crippen LogP contribution in [-0.2, 0) is 16.1 Å². The van der Waals surface area contributed by atoms with Gasteiger partial charge in [0.15, 0.2) is 0 Å². The number of hydrogen-bond donors (Lipinski definition) is 0. The van der Waals surface area contributed by atoms with E-state index in [1.165, 1.54) is 51.4 Å². The Bertz CT molecular complexity index is 1260. The fraction of sp³-hybridized carbons (Fsp3) is 0.757. The van der Waals surface area contributed by atoms with Gasteiger partial charge in [-0.2, -0.15) is 0 Å². The normalized spacial score (nSPS) is 51.1. The van der Waals surface area contributed by atoms with E-state index in [0.29, 0.717) is 29.3 Å². The van der Waals surface area contributed by atoms with Crippen molar-refractivity contribution >= 4 is 6.09 Å². The van der Waals surface area contributed by atoms with Crippen molar-refractivity contribution in [2.24, 2.45) is 51.8 Å². The van der Waals surface area contributed by atoms with Crippen molar-refractivity contribution in [3.05, 3.63) is 47.5 Å². The molecule has 0 aromatic heterocycles. The highest BCUT2D eigenvalue weighted by Gasteiger charge is 2.84. The number of rotatable bonds is 2. The van der Waals surface area contributed by atoms with Crippen LogP contribution < -0.4 is 0 Å². The second kappa shape index (κ2) is 8.87. The van der Waals surface area contributed by atoms with Crippen molar-refractivity contribution in [1.29, 1.82) is 0 Å². The second-order valence-electron chi connectivity index (χ2n) is 16.4. The predicted molar refractivity (Wildman–Crippen MR) is 161 cm³/mol. The van der Waals surface area contributed by atoms with Crippen molar-refractivity contribution in [3.8, 4) is 0 Å². The summed E-state index contributed by atoms with van der Waals surface area (Å²) in [4.78, 5) is 15.7. The van der Waals surface area contributed by atoms with Gasteiger partial charge in [0.05, 0.1) is 17.7 Å². The maximum Gasteiger partial charge on any atom is 0.410 e. The largest absolute Gasteiger partial charge is 0.445 e. The molecule has 4 nitrogen and oxygen atoms in total. The van der Waals surface area contributed by atoms with Crippen LogP contribution in [0.4, 0.5) is 4.79 Å². The number of fused-ring (bicyclic) bond motifs is 6. The minimum Gasteiger partial charge on any atom is -0.445 e. The summed E-state index contributed by atoms with van der Waals surface area (Å²) >= 11 is 0. The van der Waals surface area contributed by atoms with E-state index in [-0.39, 0.29) is 29.3 Å². The summed E-state index contributed by atoms with van der Waals surface area (Å²) in [6, 6.07) is 10.2. The van der Waals surface area contributed by atoms with Crippen LogP contribution in [0.1, 0.15) is 98.0 Å². The zero-order valence-electron chi connectivity index (χ0n) is 26.0. The van der Waals surface area contributed by atoms with Crippen molar-refractivity contribution in [2.45, 2.75) is 117 Å². The lowest BCUT2D eigenvalue weighted by molar-refractivity contribution is -0.147. The van der Waals surface area contributed by atoms with Gasteiger partial charge in [0.25, 0.3) is 0 Å². The van der Waals surface area contributed by atoms with E-state index < -0.39 is 0 Å². The molecule has 41 heavy (non-hydrogen) atoms. The molecule has 1 aromatic carbocycles. The molecule has 7 aliphatic rings. The first kappa shape index (κ1) is 26.8. The molecule has 2 heterocycles. The van der Waals surface area contributed by atoms with Gasteiger partial charge in [0.1, 0.15) is 6.61 Å². The third-order valence-electron chi connectivity index (χ3n) is 14.6. The summed E-state index contributed by atoms with van der Waals surface area (Å²) in [5, 5.41) is 0. The average Bonchev–Trinajstić information content (AvgIpc) is 3.30. The summed E-state index contributed by atoms with van der Waals surface area (Å²) in [7, 11) is 0. The molecular formula is C37H51NO3. The number of nitrogens with zero attached hydrogens (tertiary/aromatic N) is 1. The predicted octanol–water partition coefficient (Wildman–Crippen LogP) is 8.41. The number of benzene rings is 1. The number of allylic oxidation sites excluding steroid dienone is 2. The van der Waals surface area contributed by atoms with Crippen LogP contribution in [0.2, 0.25) is 0 Å². The van der Waals surface area contributed by atoms with Crippen molar-refractivity contribution in [1.82, 2.24) is 4.90 Å². The third kappa shape index (κ3) is 3.46. The minimum atomic E-state index is -0.155. The third-order valence-corrected chi connectivity index (χ3v) is 14.6. The molecule has 2 saturated heterocycles. The number of hydrogen-bond acceptors (Lipinski definition) is 3. The summed E-state index contributed by atoms with van der Waals surface area (Å²) in [6.07, 6.45) is 14.4. The van der Waals surface area contributed by atoms with Crippen LogP contribution in [0.3, 0.4) is 0 Å². The summed E-state index contributed by atoms with van der Waals surface area (Å²) < 4.78 is 13.4. The Morgan fingerprint density at radius 3 is 2.66 bits per heavy atom. The van der Waals surface area contributed by atoms with Crippen molar-refractivity contribution in [2.75, 3.05) is 6.54 Å². The maximum absolute atomic E-state index is 13.6. The molecule has 0 N–H and O–H groups in total. The van der Waals surface area contributed by atoms with Gasteiger partial charge in [0.2, 0.25) is 0 Å². The SMILES string of the molecule is C[C@H]1CC[C@@]2(C)C(=CC[C@H]3[C@@H]4CC[C@]5(O[C@@H]6C[C@H](C)CN(C(=O)OCc7ccccc7)[C@H]6[C@H]5C)C5(C)CC45C[C@@H]32)C1. The number of ether oxygens (including phenoxy) is 2. The van der Waals surface area contributed by atoms with Crippen LogP contribution in [0.5, 0.6) is 0 Å². The molecule has 5 aliphatic carbocycles. The topological polar surface area (TPSA) is 38.8 Å². The van der Waals surface area contributed by atoms with E-state index in [1.807, 2.05) is 30.3 Å². The maximum atomic E-state index is 13.6. The molecule has 0 radical (unpaired) electrons. The fourth-order valence-corrected chi connectivity index (χ4v) is 12.5. The average molecular weight is 558 g/mol. The van der Waals surface area contributed by atoms with Gasteiger partial charge < -0.3 is 14.4 Å². The number of carbonyl (C=O) groups excluding carboxylic acids is 1.